The summed E-state index contributed by atoms with van der Waals surface area (Å²) in [4.78, 5) is 60.9. The fraction of sp³-hybridized carbons (Fsp3) is 0.387. The van der Waals surface area contributed by atoms with Crippen LogP contribution < -0.4 is 27.8 Å². The molecule has 0 aliphatic carbocycles. The highest BCUT2D eigenvalue weighted by atomic mass is 16.4. The van der Waals surface area contributed by atoms with Gasteiger partial charge in [-0.05, 0) is 61.4 Å². The van der Waals surface area contributed by atoms with Gasteiger partial charge in [-0.25, -0.2) is 4.79 Å². The van der Waals surface area contributed by atoms with E-state index in [-0.39, 0.29) is 44.1 Å². The number of carboxylic acid groups (broad SMARTS) is 1. The van der Waals surface area contributed by atoms with E-state index >= 15 is 0 Å². The molecular weight excluding hydrogens is 580 g/mol. The number of aromatic nitrogens is 1. The van der Waals surface area contributed by atoms with E-state index in [1.165, 1.54) is 17.0 Å². The molecule has 1 aromatic heterocycles. The Morgan fingerprint density at radius 1 is 1.00 bits per heavy atom. The molecule has 45 heavy (non-hydrogen) atoms. The van der Waals surface area contributed by atoms with E-state index in [4.69, 9.17) is 17.2 Å². The molecule has 0 radical (unpaired) electrons. The number of hydrogen-bond acceptors (Lipinski definition) is 7. The number of carbonyl (C=O) groups excluding carboxylic acids is 3. The molecule has 1 saturated heterocycles. The molecule has 0 saturated carbocycles. The normalized spacial score (nSPS) is 16.5. The maximum Gasteiger partial charge on any atom is 0.326 e. The van der Waals surface area contributed by atoms with Crippen LogP contribution in [0.3, 0.4) is 0 Å². The maximum atomic E-state index is 13.7. The zero-order valence-corrected chi connectivity index (χ0v) is 24.8. The number of benzene rings is 2. The highest BCUT2D eigenvalue weighted by Gasteiger charge is 2.38. The summed E-state index contributed by atoms with van der Waals surface area (Å²) in [5.74, 6) is -2.96. The molecule has 4 rings (SSSR count). The maximum absolute atomic E-state index is 13.7. The number of carboxylic acids is 1. The van der Waals surface area contributed by atoms with Gasteiger partial charge in [-0.15, -0.1) is 0 Å². The van der Waals surface area contributed by atoms with Crippen molar-refractivity contribution in [3.05, 3.63) is 65.9 Å². The van der Waals surface area contributed by atoms with Crippen LogP contribution in [-0.2, 0) is 32.0 Å². The number of aromatic amines is 1. The first-order chi connectivity index (χ1) is 21.5. The Balaban J connectivity index is 1.52. The number of hydrogen-bond donors (Lipinski definition) is 8. The molecule has 14 heteroatoms. The standard InChI is InChI=1S/C31H40N8O6/c32-22(16-19-17-36-23-6-2-1-5-21(19)23)27(41)37-24(7-3-13-35-31(33)34)28(42)38-25(15-18-9-11-20(40)12-10-18)29(43)39-14-4-8-26(39)30(44)45/h1-2,5-6,9-12,17,22,24-26,36,40H,3-4,7-8,13-16,32H2,(H,37,41)(H,38,42)(H,44,45)(H4,33,34,35). The minimum atomic E-state index is -1.14. The third-order valence-electron chi connectivity index (χ3n) is 7.84. The number of amides is 3. The summed E-state index contributed by atoms with van der Waals surface area (Å²) >= 11 is 0. The van der Waals surface area contributed by atoms with E-state index in [1.54, 1.807) is 18.3 Å². The number of guanidine groups is 1. The molecule has 11 N–H and O–H groups in total. The number of nitrogens with two attached hydrogens (primary N) is 3. The molecule has 3 aromatic rings. The van der Waals surface area contributed by atoms with Crippen LogP contribution in [0.4, 0.5) is 0 Å². The Hall–Kier alpha value is -5.11. The first-order valence-electron chi connectivity index (χ1n) is 14.8. The van der Waals surface area contributed by atoms with Gasteiger partial charge in [0.2, 0.25) is 17.7 Å². The van der Waals surface area contributed by atoms with E-state index in [0.29, 0.717) is 24.8 Å². The van der Waals surface area contributed by atoms with E-state index in [0.717, 1.165) is 16.5 Å². The number of aliphatic imine (C=N–C) groups is 1. The Kier molecular flexibility index (Phi) is 11.0. The predicted octanol–water partition coefficient (Wildman–Crippen LogP) is 0.0848. The molecular formula is C31H40N8O6. The van der Waals surface area contributed by atoms with Gasteiger partial charge in [-0.2, -0.15) is 0 Å². The molecule has 0 spiro atoms. The Bertz CT molecular complexity index is 1530. The number of phenolic OH excluding ortho intramolecular Hbond substituents is 1. The number of carbonyl (C=O) groups is 4. The van der Waals surface area contributed by atoms with Gasteiger partial charge < -0.3 is 47.9 Å². The molecule has 2 heterocycles. The molecule has 1 aliphatic heterocycles. The summed E-state index contributed by atoms with van der Waals surface area (Å²) in [6.07, 6.45) is 3.32. The van der Waals surface area contributed by atoms with E-state index in [1.807, 2.05) is 24.3 Å². The van der Waals surface area contributed by atoms with Crippen molar-refractivity contribution in [1.29, 1.82) is 0 Å². The number of phenols is 1. The van der Waals surface area contributed by atoms with Crippen LogP contribution in [-0.4, -0.2) is 87.0 Å². The lowest BCUT2D eigenvalue weighted by atomic mass is 10.0. The molecule has 0 bridgehead atoms. The molecule has 1 fully saturated rings. The second-order valence-corrected chi connectivity index (χ2v) is 11.1. The first-order valence-corrected chi connectivity index (χ1v) is 14.8. The number of rotatable bonds is 14. The molecule has 3 amide bonds. The van der Waals surface area contributed by atoms with Crippen molar-refractivity contribution in [1.82, 2.24) is 20.5 Å². The summed E-state index contributed by atoms with van der Waals surface area (Å²) < 4.78 is 0. The van der Waals surface area contributed by atoms with E-state index in [2.05, 4.69) is 20.6 Å². The van der Waals surface area contributed by atoms with Crippen LogP contribution in [0.5, 0.6) is 5.75 Å². The summed E-state index contributed by atoms with van der Waals surface area (Å²) in [5, 5.41) is 25.8. The van der Waals surface area contributed by atoms with Crippen molar-refractivity contribution in [3.63, 3.8) is 0 Å². The van der Waals surface area contributed by atoms with Gasteiger partial charge in [0.05, 0.1) is 6.04 Å². The van der Waals surface area contributed by atoms with Gasteiger partial charge in [0, 0.05) is 36.6 Å². The van der Waals surface area contributed by atoms with Crippen molar-refractivity contribution in [3.8, 4) is 5.75 Å². The van der Waals surface area contributed by atoms with E-state index in [9.17, 15) is 29.4 Å². The Morgan fingerprint density at radius 2 is 1.71 bits per heavy atom. The number of aromatic hydroxyl groups is 1. The van der Waals surface area contributed by atoms with Crippen LogP contribution in [0.25, 0.3) is 10.9 Å². The van der Waals surface area contributed by atoms with Gasteiger partial charge in [0.15, 0.2) is 5.96 Å². The highest BCUT2D eigenvalue weighted by molar-refractivity contribution is 5.94. The minimum Gasteiger partial charge on any atom is -0.508 e. The van der Waals surface area contributed by atoms with Gasteiger partial charge in [0.25, 0.3) is 0 Å². The number of likely N-dealkylation sites (tertiary alicyclic amines) is 1. The van der Waals surface area contributed by atoms with Gasteiger partial charge in [-0.1, -0.05) is 30.3 Å². The third-order valence-corrected chi connectivity index (χ3v) is 7.84. The number of aliphatic carboxylic acids is 1. The lowest BCUT2D eigenvalue weighted by molar-refractivity contribution is -0.149. The lowest BCUT2D eigenvalue weighted by Crippen LogP contribution is -2.57. The van der Waals surface area contributed by atoms with Crippen LogP contribution in [0.1, 0.15) is 36.8 Å². The second kappa shape index (κ2) is 15.1. The smallest absolute Gasteiger partial charge is 0.326 e. The number of nitrogens with zero attached hydrogens (tertiary/aromatic N) is 2. The number of fused-ring (bicyclic) bond motifs is 1. The average Bonchev–Trinajstić information content (AvgIpc) is 3.67. The third kappa shape index (κ3) is 8.72. The van der Waals surface area contributed by atoms with Crippen molar-refractivity contribution in [2.75, 3.05) is 13.1 Å². The topological polar surface area (TPSA) is 242 Å². The molecule has 14 nitrogen and oxygen atoms in total. The monoisotopic (exact) mass is 620 g/mol. The summed E-state index contributed by atoms with van der Waals surface area (Å²) in [6.45, 7) is 0.437. The minimum absolute atomic E-state index is 0.0302. The molecule has 4 unspecified atom stereocenters. The summed E-state index contributed by atoms with van der Waals surface area (Å²) in [7, 11) is 0. The van der Waals surface area contributed by atoms with Crippen molar-refractivity contribution < 1.29 is 29.4 Å². The van der Waals surface area contributed by atoms with Crippen LogP contribution >= 0.6 is 0 Å². The average molecular weight is 621 g/mol. The van der Waals surface area contributed by atoms with Crippen LogP contribution in [0.15, 0.2) is 59.7 Å². The zero-order valence-electron chi connectivity index (χ0n) is 24.8. The SMILES string of the molecule is NC(N)=NCCCC(NC(=O)C(N)Cc1c[nH]c2ccccc12)C(=O)NC(Cc1ccc(O)cc1)C(=O)N1CCCC1C(=O)O. The molecule has 4 atom stereocenters. The molecule has 240 valence electrons. The summed E-state index contributed by atoms with van der Waals surface area (Å²) in [5.41, 5.74) is 19.5. The molecule has 1 aliphatic rings. The fourth-order valence-corrected chi connectivity index (χ4v) is 5.51. The Labute approximate surface area is 260 Å². The first kappa shape index (κ1) is 32.8. The summed E-state index contributed by atoms with van der Waals surface area (Å²) in [6, 6.07) is 9.53. The largest absolute Gasteiger partial charge is 0.508 e. The fourth-order valence-electron chi connectivity index (χ4n) is 5.51. The van der Waals surface area contributed by atoms with Crippen molar-refractivity contribution in [2.24, 2.45) is 22.2 Å². The second-order valence-electron chi connectivity index (χ2n) is 11.1. The van der Waals surface area contributed by atoms with Gasteiger partial charge in [0.1, 0.15) is 23.9 Å². The van der Waals surface area contributed by atoms with Gasteiger partial charge in [-0.3, -0.25) is 19.4 Å². The van der Waals surface area contributed by atoms with Crippen molar-refractivity contribution >= 4 is 40.6 Å². The zero-order chi connectivity index (χ0) is 32.5. The Morgan fingerprint density at radius 3 is 2.42 bits per heavy atom. The number of para-hydroxylation sites is 1. The number of H-pyrrole nitrogens is 1. The highest BCUT2D eigenvalue weighted by Crippen LogP contribution is 2.21. The quantitative estimate of drug-likeness (QED) is 0.0690. The predicted molar refractivity (Wildman–Crippen MR) is 168 cm³/mol. The number of nitrogens with one attached hydrogen (secondary N) is 3. The van der Waals surface area contributed by atoms with Crippen LogP contribution in [0.2, 0.25) is 0 Å². The lowest BCUT2D eigenvalue weighted by Gasteiger charge is -2.29. The van der Waals surface area contributed by atoms with E-state index < -0.39 is 47.9 Å². The van der Waals surface area contributed by atoms with Crippen LogP contribution in [0, 0.1) is 0 Å². The van der Waals surface area contributed by atoms with Gasteiger partial charge >= 0.3 is 5.97 Å². The molecule has 2 aromatic carbocycles. The van der Waals surface area contributed by atoms with Crippen molar-refractivity contribution in [2.45, 2.75) is 62.7 Å².